The van der Waals surface area contributed by atoms with Crippen molar-refractivity contribution in [1.82, 2.24) is 0 Å². The van der Waals surface area contributed by atoms with Gasteiger partial charge in [-0.05, 0) is 43.0 Å². The fourth-order valence-corrected chi connectivity index (χ4v) is 1.84. The summed E-state index contributed by atoms with van der Waals surface area (Å²) < 4.78 is 15.8. The van der Waals surface area contributed by atoms with Gasteiger partial charge in [-0.1, -0.05) is 31.9 Å². The first-order chi connectivity index (χ1) is 11.2. The van der Waals surface area contributed by atoms with Gasteiger partial charge in [-0.15, -0.1) is 0 Å². The molecule has 4 heteroatoms. The second-order valence-corrected chi connectivity index (χ2v) is 4.84. The van der Waals surface area contributed by atoms with E-state index in [4.69, 9.17) is 14.2 Å². The Labute approximate surface area is 138 Å². The highest BCUT2D eigenvalue weighted by Crippen LogP contribution is 2.15. The molecule has 1 aromatic rings. The SMILES string of the molecule is C=CC(=C)OCCOc1cccc(CCCCOC(=O)C=C)c1. The van der Waals surface area contributed by atoms with Gasteiger partial charge in [0.25, 0.3) is 0 Å². The molecule has 124 valence electrons. The van der Waals surface area contributed by atoms with Crippen molar-refractivity contribution in [2.45, 2.75) is 19.3 Å². The maximum atomic E-state index is 10.9. The zero-order valence-corrected chi connectivity index (χ0v) is 13.5. The maximum Gasteiger partial charge on any atom is 0.330 e. The number of hydrogen-bond acceptors (Lipinski definition) is 4. The van der Waals surface area contributed by atoms with E-state index in [1.807, 2.05) is 18.2 Å². The van der Waals surface area contributed by atoms with E-state index >= 15 is 0 Å². The molecule has 0 fully saturated rings. The fourth-order valence-electron chi connectivity index (χ4n) is 1.84. The predicted molar refractivity (Wildman–Crippen MR) is 91.3 cm³/mol. The van der Waals surface area contributed by atoms with Crippen molar-refractivity contribution < 1.29 is 19.0 Å². The molecule has 0 atom stereocenters. The number of hydrogen-bond donors (Lipinski definition) is 0. The van der Waals surface area contributed by atoms with E-state index in [1.54, 1.807) is 6.08 Å². The summed E-state index contributed by atoms with van der Waals surface area (Å²) in [5, 5.41) is 0. The third-order valence-electron chi connectivity index (χ3n) is 3.04. The van der Waals surface area contributed by atoms with E-state index in [2.05, 4.69) is 25.8 Å². The minimum atomic E-state index is -0.373. The van der Waals surface area contributed by atoms with E-state index in [0.717, 1.165) is 25.0 Å². The third-order valence-corrected chi connectivity index (χ3v) is 3.04. The average Bonchev–Trinajstić information content (AvgIpc) is 2.58. The number of ether oxygens (including phenoxy) is 3. The summed E-state index contributed by atoms with van der Waals surface area (Å²) in [4.78, 5) is 10.9. The van der Waals surface area contributed by atoms with Gasteiger partial charge in [0.15, 0.2) is 0 Å². The molecule has 0 aliphatic carbocycles. The van der Waals surface area contributed by atoms with Gasteiger partial charge in [-0.25, -0.2) is 4.79 Å². The van der Waals surface area contributed by atoms with Gasteiger partial charge in [0.05, 0.1) is 6.61 Å². The standard InChI is InChI=1S/C19H24O4/c1-4-16(3)21-13-14-22-18-11-8-10-17(15-18)9-6-7-12-23-19(20)5-2/h4-5,8,10-11,15H,1-3,6-7,9,12-14H2. The lowest BCUT2D eigenvalue weighted by Gasteiger charge is -2.09. The van der Waals surface area contributed by atoms with Crippen LogP contribution in [0.5, 0.6) is 5.75 Å². The molecule has 23 heavy (non-hydrogen) atoms. The lowest BCUT2D eigenvalue weighted by atomic mass is 10.1. The number of rotatable bonds is 12. The summed E-state index contributed by atoms with van der Waals surface area (Å²) in [6.07, 6.45) is 5.41. The molecule has 4 nitrogen and oxygen atoms in total. The molecule has 1 rings (SSSR count). The Balaban J connectivity index is 2.24. The van der Waals surface area contributed by atoms with Crippen LogP contribution in [0.2, 0.25) is 0 Å². The topological polar surface area (TPSA) is 44.8 Å². The van der Waals surface area contributed by atoms with Crippen LogP contribution in [0.3, 0.4) is 0 Å². The lowest BCUT2D eigenvalue weighted by Crippen LogP contribution is -2.06. The first-order valence-corrected chi connectivity index (χ1v) is 7.60. The van der Waals surface area contributed by atoms with Gasteiger partial charge in [-0.3, -0.25) is 0 Å². The molecule has 0 radical (unpaired) electrons. The monoisotopic (exact) mass is 316 g/mol. The van der Waals surface area contributed by atoms with Crippen LogP contribution in [0, 0.1) is 0 Å². The van der Waals surface area contributed by atoms with Gasteiger partial charge in [-0.2, -0.15) is 0 Å². The first kappa shape index (κ1) is 18.6. The van der Waals surface area contributed by atoms with Crippen molar-refractivity contribution in [3.05, 3.63) is 67.5 Å². The Hall–Kier alpha value is -2.49. The van der Waals surface area contributed by atoms with Gasteiger partial charge in [0.2, 0.25) is 0 Å². The molecule has 0 amide bonds. The summed E-state index contributed by atoms with van der Waals surface area (Å²) in [6.45, 7) is 11.9. The van der Waals surface area contributed by atoms with Gasteiger partial charge in [0, 0.05) is 6.08 Å². The molecule has 0 unspecified atom stereocenters. The Morgan fingerprint density at radius 1 is 1.04 bits per heavy atom. The lowest BCUT2D eigenvalue weighted by molar-refractivity contribution is -0.137. The van der Waals surface area contributed by atoms with Crippen molar-refractivity contribution in [1.29, 1.82) is 0 Å². The molecule has 1 aromatic carbocycles. The van der Waals surface area contributed by atoms with E-state index < -0.39 is 0 Å². The number of benzene rings is 1. The smallest absolute Gasteiger partial charge is 0.330 e. The molecular weight excluding hydrogens is 292 g/mol. The van der Waals surface area contributed by atoms with E-state index in [0.29, 0.717) is 25.6 Å². The van der Waals surface area contributed by atoms with Crippen LogP contribution >= 0.6 is 0 Å². The first-order valence-electron chi connectivity index (χ1n) is 7.60. The van der Waals surface area contributed by atoms with Crippen LogP contribution in [0.15, 0.2) is 61.9 Å². The zero-order chi connectivity index (χ0) is 16.9. The van der Waals surface area contributed by atoms with Crippen molar-refractivity contribution in [3.8, 4) is 5.75 Å². The second-order valence-electron chi connectivity index (χ2n) is 4.84. The number of aryl methyl sites for hydroxylation is 1. The summed E-state index contributed by atoms with van der Waals surface area (Å²) in [5.74, 6) is 0.981. The summed E-state index contributed by atoms with van der Waals surface area (Å²) in [6, 6.07) is 7.94. The molecule has 0 aliphatic rings. The van der Waals surface area contributed by atoms with Gasteiger partial charge >= 0.3 is 5.97 Å². The van der Waals surface area contributed by atoms with Crippen LogP contribution in [0.4, 0.5) is 0 Å². The molecule has 0 bridgehead atoms. The highest BCUT2D eigenvalue weighted by molar-refractivity contribution is 5.81. The van der Waals surface area contributed by atoms with Crippen molar-refractivity contribution in [2.24, 2.45) is 0 Å². The van der Waals surface area contributed by atoms with E-state index in [9.17, 15) is 4.79 Å². The number of esters is 1. The highest BCUT2D eigenvalue weighted by atomic mass is 16.5. The predicted octanol–water partition coefficient (Wildman–Crippen LogP) is 3.83. The van der Waals surface area contributed by atoms with Gasteiger partial charge in [0.1, 0.15) is 24.7 Å². The number of unbranched alkanes of at least 4 members (excludes halogenated alkanes) is 1. The third kappa shape index (κ3) is 8.51. The minimum absolute atomic E-state index is 0.373. The molecule has 0 spiro atoms. The molecule has 0 aliphatic heterocycles. The van der Waals surface area contributed by atoms with E-state index in [1.165, 1.54) is 11.6 Å². The van der Waals surface area contributed by atoms with Crippen LogP contribution in [0.25, 0.3) is 0 Å². The molecule has 0 saturated heterocycles. The van der Waals surface area contributed by atoms with Crippen molar-refractivity contribution in [2.75, 3.05) is 19.8 Å². The maximum absolute atomic E-state index is 10.9. The quantitative estimate of drug-likeness (QED) is 0.193. The highest BCUT2D eigenvalue weighted by Gasteiger charge is 2.00. The Morgan fingerprint density at radius 3 is 2.61 bits per heavy atom. The van der Waals surface area contributed by atoms with Gasteiger partial charge < -0.3 is 14.2 Å². The number of allylic oxidation sites excluding steroid dienone is 1. The largest absolute Gasteiger partial charge is 0.491 e. The normalized spacial score (nSPS) is 9.74. The van der Waals surface area contributed by atoms with Crippen LogP contribution in [-0.4, -0.2) is 25.8 Å². The molecule has 0 aromatic heterocycles. The Kier molecular flexibility index (Phi) is 8.98. The minimum Gasteiger partial charge on any atom is -0.491 e. The Bertz CT molecular complexity index is 534. The summed E-state index contributed by atoms with van der Waals surface area (Å²) >= 11 is 0. The van der Waals surface area contributed by atoms with Crippen LogP contribution in [0.1, 0.15) is 18.4 Å². The van der Waals surface area contributed by atoms with Crippen molar-refractivity contribution in [3.63, 3.8) is 0 Å². The Morgan fingerprint density at radius 2 is 1.87 bits per heavy atom. The zero-order valence-electron chi connectivity index (χ0n) is 13.5. The second kappa shape index (κ2) is 11.1. The molecule has 0 saturated carbocycles. The molecular formula is C19H24O4. The summed E-state index contributed by atoms with van der Waals surface area (Å²) in [7, 11) is 0. The number of carbonyl (C=O) groups is 1. The summed E-state index contributed by atoms with van der Waals surface area (Å²) in [5.41, 5.74) is 1.19. The van der Waals surface area contributed by atoms with E-state index in [-0.39, 0.29) is 5.97 Å². The molecule has 0 heterocycles. The van der Waals surface area contributed by atoms with Crippen LogP contribution in [-0.2, 0) is 20.7 Å². The van der Waals surface area contributed by atoms with Crippen molar-refractivity contribution >= 4 is 5.97 Å². The molecule has 0 N–H and O–H groups in total. The fraction of sp³-hybridized carbons (Fsp3) is 0.316. The number of carbonyl (C=O) groups excluding carboxylic acids is 1. The average molecular weight is 316 g/mol. The van der Waals surface area contributed by atoms with Crippen LogP contribution < -0.4 is 4.74 Å².